The van der Waals surface area contributed by atoms with E-state index in [2.05, 4.69) is 13.8 Å². The normalized spacial score (nSPS) is 31.9. The number of halogens is 2. The Kier molecular flexibility index (Phi) is 10.3. The maximum absolute atomic E-state index is 14.6. The predicted octanol–water partition coefficient (Wildman–Crippen LogP) is 9.91. The first-order valence-corrected chi connectivity index (χ1v) is 15.2. The van der Waals surface area contributed by atoms with E-state index in [1.165, 1.54) is 83.5 Å². The van der Waals surface area contributed by atoms with Crippen molar-refractivity contribution in [2.45, 2.75) is 123 Å². The maximum atomic E-state index is 14.6. The van der Waals surface area contributed by atoms with Gasteiger partial charge in [0, 0.05) is 0 Å². The van der Waals surface area contributed by atoms with Crippen LogP contribution < -0.4 is 4.74 Å². The summed E-state index contributed by atoms with van der Waals surface area (Å²) in [4.78, 5) is 0. The van der Waals surface area contributed by atoms with Crippen LogP contribution in [0.4, 0.5) is 8.78 Å². The van der Waals surface area contributed by atoms with Gasteiger partial charge in [-0.25, -0.2) is 4.39 Å². The molecule has 3 heteroatoms. The third-order valence-electron chi connectivity index (χ3n) is 10.2. The molecule has 35 heavy (non-hydrogen) atoms. The van der Waals surface area contributed by atoms with Gasteiger partial charge in [0.1, 0.15) is 0 Å². The highest BCUT2D eigenvalue weighted by Crippen LogP contribution is 2.46. The summed E-state index contributed by atoms with van der Waals surface area (Å²) in [5.74, 6) is 4.13. The van der Waals surface area contributed by atoms with E-state index in [9.17, 15) is 8.78 Å². The Balaban J connectivity index is 1.16. The van der Waals surface area contributed by atoms with E-state index in [0.717, 1.165) is 48.9 Å². The first-order valence-electron chi connectivity index (χ1n) is 15.2. The molecule has 0 saturated heterocycles. The van der Waals surface area contributed by atoms with Crippen molar-refractivity contribution in [2.75, 3.05) is 6.61 Å². The molecule has 0 aromatic heterocycles. The molecule has 0 radical (unpaired) electrons. The lowest BCUT2D eigenvalue weighted by Crippen LogP contribution is -2.29. The van der Waals surface area contributed by atoms with Crippen molar-refractivity contribution in [3.63, 3.8) is 0 Å². The van der Waals surface area contributed by atoms with Gasteiger partial charge in [-0.3, -0.25) is 0 Å². The summed E-state index contributed by atoms with van der Waals surface area (Å²) in [5.41, 5.74) is 0.513. The van der Waals surface area contributed by atoms with Gasteiger partial charge in [-0.1, -0.05) is 58.4 Å². The molecule has 0 aliphatic heterocycles. The molecule has 0 N–H and O–H groups in total. The molecule has 4 rings (SSSR count). The number of aryl methyl sites for hydroxylation is 1. The molecule has 3 fully saturated rings. The monoisotopic (exact) mass is 488 g/mol. The number of unbranched alkanes of at least 4 members (excludes halogenated alkanes) is 1. The van der Waals surface area contributed by atoms with E-state index >= 15 is 0 Å². The Bertz CT molecular complexity index is 753. The molecule has 3 aliphatic carbocycles. The van der Waals surface area contributed by atoms with Crippen LogP contribution in [0.25, 0.3) is 0 Å². The number of rotatable bonds is 10. The Labute approximate surface area is 213 Å². The fourth-order valence-electron chi connectivity index (χ4n) is 7.67. The standard InChI is InChI=1S/C32H50F2O/c1-3-5-22-35-30-21-20-29(31(33)32(30)34)15-10-24-8-13-26(14-9-24)28-18-16-27(17-19-28)25-11-6-23(4-2)7-12-25/h20-21,23-28H,3-19,22H2,1-2H3. The first kappa shape index (κ1) is 26.9. The molecule has 3 saturated carbocycles. The number of ether oxygens (including phenoxy) is 1. The molecule has 1 nitrogen and oxygen atoms in total. The minimum absolute atomic E-state index is 0.0589. The summed E-state index contributed by atoms with van der Waals surface area (Å²) in [6.45, 7) is 4.86. The molecule has 0 spiro atoms. The zero-order valence-electron chi connectivity index (χ0n) is 22.5. The number of hydrogen-bond donors (Lipinski definition) is 0. The van der Waals surface area contributed by atoms with Gasteiger partial charge in [0.05, 0.1) is 6.61 Å². The summed E-state index contributed by atoms with van der Waals surface area (Å²) >= 11 is 0. The van der Waals surface area contributed by atoms with Crippen LogP contribution in [-0.4, -0.2) is 6.61 Å². The summed E-state index contributed by atoms with van der Waals surface area (Å²) in [6, 6.07) is 3.35. The van der Waals surface area contributed by atoms with Crippen LogP contribution in [0.2, 0.25) is 0 Å². The second-order valence-corrected chi connectivity index (χ2v) is 12.2. The molecule has 0 atom stereocenters. The Morgan fingerprint density at radius 1 is 0.686 bits per heavy atom. The third-order valence-corrected chi connectivity index (χ3v) is 10.2. The smallest absolute Gasteiger partial charge is 0.200 e. The Morgan fingerprint density at radius 3 is 1.71 bits per heavy atom. The largest absolute Gasteiger partial charge is 0.490 e. The predicted molar refractivity (Wildman–Crippen MR) is 142 cm³/mol. The summed E-state index contributed by atoms with van der Waals surface area (Å²) in [5, 5.41) is 0. The minimum atomic E-state index is -0.809. The van der Waals surface area contributed by atoms with E-state index in [-0.39, 0.29) is 5.75 Å². The lowest BCUT2D eigenvalue weighted by atomic mass is 9.64. The molecular weight excluding hydrogens is 438 g/mol. The molecule has 1 aromatic rings. The second-order valence-electron chi connectivity index (χ2n) is 12.2. The van der Waals surface area contributed by atoms with Gasteiger partial charge in [-0.2, -0.15) is 4.39 Å². The van der Waals surface area contributed by atoms with Gasteiger partial charge in [-0.05, 0) is 118 Å². The van der Waals surface area contributed by atoms with Crippen LogP contribution in [0.1, 0.15) is 122 Å². The highest BCUT2D eigenvalue weighted by Gasteiger charge is 2.34. The highest BCUT2D eigenvalue weighted by atomic mass is 19.2. The van der Waals surface area contributed by atoms with E-state index in [1.807, 2.05) is 0 Å². The zero-order valence-corrected chi connectivity index (χ0v) is 22.5. The van der Waals surface area contributed by atoms with E-state index < -0.39 is 11.6 Å². The maximum Gasteiger partial charge on any atom is 0.200 e. The van der Waals surface area contributed by atoms with Crippen molar-refractivity contribution in [2.24, 2.45) is 35.5 Å². The van der Waals surface area contributed by atoms with Gasteiger partial charge in [0.2, 0.25) is 5.82 Å². The molecule has 0 bridgehead atoms. The topological polar surface area (TPSA) is 9.23 Å². The Hall–Kier alpha value is -1.12. The van der Waals surface area contributed by atoms with Crippen molar-refractivity contribution in [1.82, 2.24) is 0 Å². The van der Waals surface area contributed by atoms with Crippen molar-refractivity contribution in [3.05, 3.63) is 29.3 Å². The zero-order chi connectivity index (χ0) is 24.6. The summed E-state index contributed by atoms with van der Waals surface area (Å²) in [7, 11) is 0. The summed E-state index contributed by atoms with van der Waals surface area (Å²) in [6.07, 6.45) is 21.9. The molecule has 1 aromatic carbocycles. The lowest BCUT2D eigenvalue weighted by Gasteiger charge is -2.41. The van der Waals surface area contributed by atoms with E-state index in [4.69, 9.17) is 4.74 Å². The SMILES string of the molecule is CCCCOc1ccc(CCC2CCC(C3CCC(C4CCC(CC)CC4)CC3)CC2)c(F)c1F. The Morgan fingerprint density at radius 2 is 1.20 bits per heavy atom. The fraction of sp³-hybridized carbons (Fsp3) is 0.812. The molecule has 3 aliphatic rings. The average molecular weight is 489 g/mol. The lowest BCUT2D eigenvalue weighted by molar-refractivity contribution is 0.103. The van der Waals surface area contributed by atoms with Crippen LogP contribution in [0.5, 0.6) is 5.75 Å². The molecule has 198 valence electrons. The summed E-state index contributed by atoms with van der Waals surface area (Å²) < 4.78 is 34.4. The molecule has 0 heterocycles. The van der Waals surface area contributed by atoms with E-state index in [0.29, 0.717) is 24.5 Å². The van der Waals surface area contributed by atoms with Gasteiger partial charge < -0.3 is 4.74 Å². The number of benzene rings is 1. The van der Waals surface area contributed by atoms with Crippen LogP contribution >= 0.6 is 0 Å². The first-order chi connectivity index (χ1) is 17.1. The van der Waals surface area contributed by atoms with Crippen molar-refractivity contribution in [3.8, 4) is 5.75 Å². The van der Waals surface area contributed by atoms with Crippen molar-refractivity contribution < 1.29 is 13.5 Å². The highest BCUT2D eigenvalue weighted by molar-refractivity contribution is 5.31. The van der Waals surface area contributed by atoms with Gasteiger partial charge in [0.15, 0.2) is 11.6 Å². The second kappa shape index (κ2) is 13.4. The average Bonchev–Trinajstić information content (AvgIpc) is 2.91. The van der Waals surface area contributed by atoms with Crippen LogP contribution in [-0.2, 0) is 6.42 Å². The van der Waals surface area contributed by atoms with Crippen molar-refractivity contribution >= 4 is 0 Å². The molecule has 0 unspecified atom stereocenters. The van der Waals surface area contributed by atoms with Crippen LogP contribution in [0.15, 0.2) is 12.1 Å². The fourth-order valence-corrected chi connectivity index (χ4v) is 7.67. The third kappa shape index (κ3) is 7.22. The van der Waals surface area contributed by atoms with Gasteiger partial charge in [-0.15, -0.1) is 0 Å². The van der Waals surface area contributed by atoms with Gasteiger partial charge >= 0.3 is 0 Å². The molecule has 0 amide bonds. The quantitative estimate of drug-likeness (QED) is 0.298. The van der Waals surface area contributed by atoms with E-state index in [1.54, 1.807) is 12.1 Å². The van der Waals surface area contributed by atoms with Gasteiger partial charge in [0.25, 0.3) is 0 Å². The van der Waals surface area contributed by atoms with Crippen LogP contribution in [0.3, 0.4) is 0 Å². The minimum Gasteiger partial charge on any atom is -0.490 e. The molecular formula is C32H50F2O. The van der Waals surface area contributed by atoms with Crippen molar-refractivity contribution in [1.29, 1.82) is 0 Å². The van der Waals surface area contributed by atoms with Crippen LogP contribution in [0, 0.1) is 47.1 Å². The number of hydrogen-bond acceptors (Lipinski definition) is 1.